The van der Waals surface area contributed by atoms with Crippen molar-refractivity contribution in [1.82, 2.24) is 10.2 Å². The van der Waals surface area contributed by atoms with Crippen LogP contribution >= 0.6 is 24.0 Å². The van der Waals surface area contributed by atoms with Gasteiger partial charge in [0.25, 0.3) is 0 Å². The number of nitrogens with zero attached hydrogens (tertiary/aromatic N) is 2. The van der Waals surface area contributed by atoms with Gasteiger partial charge in [0, 0.05) is 27.1 Å². The summed E-state index contributed by atoms with van der Waals surface area (Å²) in [7, 11) is 3.36. The second-order valence-electron chi connectivity index (χ2n) is 5.25. The molecule has 0 unspecified atom stereocenters. The number of ether oxygens (including phenoxy) is 1. The Balaban J connectivity index is 0.00000576. The SMILES string of the molecule is CN=C(NCCCCC(F)(F)F)N(C)CCOc1ccccc1F.I. The van der Waals surface area contributed by atoms with Gasteiger partial charge in [-0.1, -0.05) is 12.1 Å². The van der Waals surface area contributed by atoms with Crippen molar-refractivity contribution in [3.8, 4) is 5.75 Å². The molecule has 0 saturated heterocycles. The minimum absolute atomic E-state index is 0. The van der Waals surface area contributed by atoms with Crippen molar-refractivity contribution >= 4 is 29.9 Å². The van der Waals surface area contributed by atoms with Crippen LogP contribution in [0.1, 0.15) is 19.3 Å². The number of nitrogens with one attached hydrogen (secondary N) is 1. The summed E-state index contributed by atoms with van der Waals surface area (Å²) in [4.78, 5) is 5.83. The largest absolute Gasteiger partial charge is 0.489 e. The van der Waals surface area contributed by atoms with E-state index in [1.807, 2.05) is 0 Å². The molecule has 0 atom stereocenters. The molecule has 0 heterocycles. The van der Waals surface area contributed by atoms with Crippen LogP contribution in [0.15, 0.2) is 29.3 Å². The number of likely N-dealkylation sites (N-methyl/N-ethyl adjacent to an activating group) is 1. The van der Waals surface area contributed by atoms with Crippen LogP contribution in [0.4, 0.5) is 17.6 Å². The van der Waals surface area contributed by atoms with Gasteiger partial charge in [0.15, 0.2) is 17.5 Å². The molecule has 1 aromatic carbocycles. The van der Waals surface area contributed by atoms with Crippen molar-refractivity contribution < 1.29 is 22.3 Å². The minimum atomic E-state index is -4.11. The predicted molar refractivity (Wildman–Crippen MR) is 101 cm³/mol. The molecule has 25 heavy (non-hydrogen) atoms. The van der Waals surface area contributed by atoms with Crippen LogP contribution in [0.25, 0.3) is 0 Å². The van der Waals surface area contributed by atoms with Crippen LogP contribution in [0.2, 0.25) is 0 Å². The van der Waals surface area contributed by atoms with E-state index in [9.17, 15) is 17.6 Å². The first kappa shape index (κ1) is 23.7. The Morgan fingerprint density at radius 1 is 1.24 bits per heavy atom. The zero-order valence-corrected chi connectivity index (χ0v) is 16.6. The maximum Gasteiger partial charge on any atom is 0.389 e. The summed E-state index contributed by atoms with van der Waals surface area (Å²) < 4.78 is 54.9. The van der Waals surface area contributed by atoms with Crippen LogP contribution in [0.3, 0.4) is 0 Å². The Morgan fingerprint density at radius 2 is 1.92 bits per heavy atom. The topological polar surface area (TPSA) is 36.9 Å². The van der Waals surface area contributed by atoms with E-state index in [1.165, 1.54) is 6.07 Å². The number of halogens is 5. The molecule has 0 bridgehead atoms. The second-order valence-corrected chi connectivity index (χ2v) is 5.25. The number of aliphatic imine (C=N–C) groups is 1. The lowest BCUT2D eigenvalue weighted by molar-refractivity contribution is -0.135. The predicted octanol–water partition coefficient (Wildman–Crippen LogP) is 4.06. The van der Waals surface area contributed by atoms with Gasteiger partial charge in [-0.05, 0) is 25.0 Å². The van der Waals surface area contributed by atoms with Gasteiger partial charge < -0.3 is 15.0 Å². The molecule has 0 aliphatic heterocycles. The second kappa shape index (κ2) is 12.2. The molecular weight excluding hydrogens is 453 g/mol. The van der Waals surface area contributed by atoms with Gasteiger partial charge in [-0.15, -0.1) is 24.0 Å². The maximum atomic E-state index is 13.4. The van der Waals surface area contributed by atoms with Crippen LogP contribution in [0, 0.1) is 5.82 Å². The number of para-hydroxylation sites is 1. The van der Waals surface area contributed by atoms with Crippen molar-refractivity contribution in [3.05, 3.63) is 30.1 Å². The summed E-state index contributed by atoms with van der Waals surface area (Å²) in [6, 6.07) is 6.13. The summed E-state index contributed by atoms with van der Waals surface area (Å²) in [5.41, 5.74) is 0. The highest BCUT2D eigenvalue weighted by Gasteiger charge is 2.25. The molecule has 0 radical (unpaired) electrons. The van der Waals surface area contributed by atoms with Gasteiger partial charge in [-0.25, -0.2) is 4.39 Å². The number of guanidine groups is 1. The fraction of sp³-hybridized carbons (Fsp3) is 0.562. The first-order chi connectivity index (χ1) is 11.3. The summed E-state index contributed by atoms with van der Waals surface area (Å²) in [5.74, 6) is 0.312. The van der Waals surface area contributed by atoms with Crippen LogP contribution in [0.5, 0.6) is 5.75 Å². The normalized spacial score (nSPS) is 11.7. The Kier molecular flexibility index (Phi) is 11.5. The van der Waals surface area contributed by atoms with E-state index in [-0.39, 0.29) is 42.8 Å². The minimum Gasteiger partial charge on any atom is -0.489 e. The van der Waals surface area contributed by atoms with Crippen LogP contribution in [-0.2, 0) is 0 Å². The molecule has 9 heteroatoms. The Morgan fingerprint density at radius 3 is 2.52 bits per heavy atom. The zero-order chi connectivity index (χ0) is 18.0. The standard InChI is InChI=1S/C16H23F4N3O.HI/c1-21-15(22-10-6-5-9-16(18,19)20)23(2)11-12-24-14-8-4-3-7-13(14)17;/h3-4,7-8H,5-6,9-12H2,1-2H3,(H,21,22);1H. The molecule has 1 N–H and O–H groups in total. The van der Waals surface area contributed by atoms with Gasteiger partial charge >= 0.3 is 6.18 Å². The van der Waals surface area contributed by atoms with Gasteiger partial charge in [0.05, 0.1) is 6.54 Å². The molecule has 0 saturated carbocycles. The average molecular weight is 477 g/mol. The van der Waals surface area contributed by atoms with E-state index < -0.39 is 18.4 Å². The lowest BCUT2D eigenvalue weighted by Crippen LogP contribution is -2.41. The molecule has 0 aliphatic carbocycles. The van der Waals surface area contributed by atoms with Crippen molar-refractivity contribution in [3.63, 3.8) is 0 Å². The number of rotatable bonds is 8. The molecule has 1 aromatic rings. The monoisotopic (exact) mass is 477 g/mol. The Labute approximate surface area is 162 Å². The van der Waals surface area contributed by atoms with Crippen molar-refractivity contribution in [2.45, 2.75) is 25.4 Å². The van der Waals surface area contributed by atoms with Gasteiger partial charge in [-0.2, -0.15) is 13.2 Å². The third kappa shape index (κ3) is 10.4. The van der Waals surface area contributed by atoms with E-state index in [1.54, 1.807) is 37.2 Å². The lowest BCUT2D eigenvalue weighted by atomic mass is 10.2. The van der Waals surface area contributed by atoms with Gasteiger partial charge in [-0.3, -0.25) is 4.99 Å². The number of benzene rings is 1. The highest BCUT2D eigenvalue weighted by atomic mass is 127. The van der Waals surface area contributed by atoms with Crippen LogP contribution in [-0.4, -0.2) is 50.8 Å². The third-order valence-corrected chi connectivity index (χ3v) is 3.26. The fourth-order valence-electron chi connectivity index (χ4n) is 2.00. The van der Waals surface area contributed by atoms with E-state index in [2.05, 4.69) is 10.3 Å². The van der Waals surface area contributed by atoms with E-state index in [0.717, 1.165) is 0 Å². The molecule has 1 rings (SSSR count). The smallest absolute Gasteiger partial charge is 0.389 e. The van der Waals surface area contributed by atoms with E-state index >= 15 is 0 Å². The first-order valence-corrected chi connectivity index (χ1v) is 7.69. The van der Waals surface area contributed by atoms with Gasteiger partial charge in [0.2, 0.25) is 0 Å². The fourth-order valence-corrected chi connectivity index (χ4v) is 2.00. The molecule has 144 valence electrons. The number of alkyl halides is 3. The summed E-state index contributed by atoms with van der Waals surface area (Å²) in [6.07, 6.45) is -4.41. The molecule has 0 amide bonds. The van der Waals surface area contributed by atoms with Crippen LogP contribution < -0.4 is 10.1 Å². The first-order valence-electron chi connectivity index (χ1n) is 7.69. The Bertz CT molecular complexity index is 526. The molecular formula is C16H24F4IN3O. The molecule has 0 fully saturated rings. The summed E-state index contributed by atoms with van der Waals surface area (Å²) in [5, 5.41) is 2.99. The quantitative estimate of drug-likeness (QED) is 0.202. The third-order valence-electron chi connectivity index (χ3n) is 3.26. The van der Waals surface area contributed by atoms with E-state index in [0.29, 0.717) is 25.5 Å². The molecule has 0 aliphatic rings. The summed E-state index contributed by atoms with van der Waals surface area (Å²) in [6.45, 7) is 1.12. The molecule has 0 aromatic heterocycles. The number of hydrogen-bond donors (Lipinski definition) is 1. The van der Waals surface area contributed by atoms with Crippen molar-refractivity contribution in [2.24, 2.45) is 4.99 Å². The maximum absolute atomic E-state index is 13.4. The average Bonchev–Trinajstić information content (AvgIpc) is 2.51. The zero-order valence-electron chi connectivity index (χ0n) is 14.3. The van der Waals surface area contributed by atoms with E-state index in [4.69, 9.17) is 4.74 Å². The van der Waals surface area contributed by atoms with Crippen molar-refractivity contribution in [2.75, 3.05) is 33.8 Å². The van der Waals surface area contributed by atoms with Crippen molar-refractivity contribution in [1.29, 1.82) is 0 Å². The summed E-state index contributed by atoms with van der Waals surface area (Å²) >= 11 is 0. The molecule has 0 spiro atoms. The molecule has 4 nitrogen and oxygen atoms in total. The lowest BCUT2D eigenvalue weighted by Gasteiger charge is -2.22. The van der Waals surface area contributed by atoms with Gasteiger partial charge in [0.1, 0.15) is 6.61 Å². The number of hydrogen-bond acceptors (Lipinski definition) is 2. The Hall–Kier alpha value is -1.26. The highest BCUT2D eigenvalue weighted by molar-refractivity contribution is 14.0. The number of unbranched alkanes of at least 4 members (excludes halogenated alkanes) is 1. The highest BCUT2D eigenvalue weighted by Crippen LogP contribution is 2.21.